The minimum Gasteiger partial charge on any atom is -0.479 e. The molecule has 0 aliphatic heterocycles. The fourth-order valence-electron chi connectivity index (χ4n) is 0.863. The Hall–Kier alpha value is -1.37. The van der Waals surface area contributed by atoms with Gasteiger partial charge in [-0.3, -0.25) is 0 Å². The fourth-order valence-corrected chi connectivity index (χ4v) is 0.968. The Morgan fingerprint density at radius 2 is 1.50 bits per heavy atom. The average Bonchev–Trinajstić information content (AvgIpc) is 2.01. The summed E-state index contributed by atoms with van der Waals surface area (Å²) >= 11 is 4.84. The molecule has 6 nitrogen and oxygen atoms in total. The minimum atomic E-state index is -1.65. The minimum absolute atomic E-state index is 0.153. The molecule has 0 saturated heterocycles. The van der Waals surface area contributed by atoms with Gasteiger partial charge in [-0.2, -0.15) is 0 Å². The van der Waals surface area contributed by atoms with Gasteiger partial charge in [-0.1, -0.05) is 0 Å². The maximum atomic E-state index is 10.6. The molecule has 0 aliphatic rings. The Morgan fingerprint density at radius 1 is 1.14 bits per heavy atom. The number of thiocarbonyl (C=S) groups is 1. The van der Waals surface area contributed by atoms with Gasteiger partial charge in [0.1, 0.15) is 0 Å². The Morgan fingerprint density at radius 3 is 1.71 bits per heavy atom. The zero-order valence-corrected chi connectivity index (χ0v) is 8.91. The van der Waals surface area contributed by atoms with Crippen LogP contribution in [0.5, 0.6) is 0 Å². The van der Waals surface area contributed by atoms with Gasteiger partial charge in [0.2, 0.25) is 6.04 Å². The Bertz CT molecular complexity index is 252. The molecule has 0 aromatic carbocycles. The van der Waals surface area contributed by atoms with Gasteiger partial charge in [0, 0.05) is 21.1 Å². The number of carboxylic acids is 2. The van der Waals surface area contributed by atoms with Gasteiger partial charge in [0.15, 0.2) is 5.11 Å². The first-order chi connectivity index (χ1) is 6.29. The summed E-state index contributed by atoms with van der Waals surface area (Å²) in [7, 11) is 4.55. The van der Waals surface area contributed by atoms with Gasteiger partial charge in [-0.05, 0) is 12.2 Å². The fraction of sp³-hybridized carbons (Fsp3) is 0.571. The van der Waals surface area contributed by atoms with E-state index in [0.717, 1.165) is 4.90 Å². The van der Waals surface area contributed by atoms with Gasteiger partial charge < -0.3 is 20.0 Å². The summed E-state index contributed by atoms with van der Waals surface area (Å²) in [6, 6.07) is -1.65. The molecule has 0 unspecified atom stereocenters. The summed E-state index contributed by atoms with van der Waals surface area (Å²) < 4.78 is 0. The summed E-state index contributed by atoms with van der Waals surface area (Å²) in [5.74, 6) is -2.88. The van der Waals surface area contributed by atoms with Crippen LogP contribution in [0.1, 0.15) is 0 Å². The van der Waals surface area contributed by atoms with E-state index in [1.165, 1.54) is 11.9 Å². The number of nitrogens with zero attached hydrogens (tertiary/aromatic N) is 2. The summed E-state index contributed by atoms with van der Waals surface area (Å²) in [5.41, 5.74) is 0. The number of rotatable bonds is 3. The van der Waals surface area contributed by atoms with Crippen LogP contribution < -0.4 is 0 Å². The first-order valence-corrected chi connectivity index (χ1v) is 4.09. The molecule has 7 heteroatoms. The van der Waals surface area contributed by atoms with Crippen LogP contribution in [0.15, 0.2) is 0 Å². The van der Waals surface area contributed by atoms with Crippen LogP contribution in [0, 0.1) is 0 Å². The lowest BCUT2D eigenvalue weighted by Gasteiger charge is -2.27. The molecule has 0 aliphatic carbocycles. The van der Waals surface area contributed by atoms with E-state index >= 15 is 0 Å². The lowest BCUT2D eigenvalue weighted by molar-refractivity contribution is -0.153. The number of aliphatic carboxylic acids is 2. The second-order valence-corrected chi connectivity index (χ2v) is 3.23. The zero-order chi connectivity index (χ0) is 11.5. The highest BCUT2D eigenvalue weighted by Crippen LogP contribution is 2.01. The van der Waals surface area contributed by atoms with E-state index in [1.54, 1.807) is 14.1 Å². The van der Waals surface area contributed by atoms with Gasteiger partial charge in [-0.15, -0.1) is 0 Å². The van der Waals surface area contributed by atoms with Gasteiger partial charge in [-0.25, -0.2) is 9.59 Å². The maximum Gasteiger partial charge on any atom is 0.338 e. The highest BCUT2D eigenvalue weighted by atomic mass is 32.1. The first kappa shape index (κ1) is 12.6. The molecule has 0 aromatic heterocycles. The molecule has 0 heterocycles. The number of carboxylic acid groups (broad SMARTS) is 2. The molecular weight excluding hydrogens is 208 g/mol. The van der Waals surface area contributed by atoms with Crippen LogP contribution in [-0.2, 0) is 9.59 Å². The van der Waals surface area contributed by atoms with Crippen LogP contribution >= 0.6 is 12.2 Å². The first-order valence-electron chi connectivity index (χ1n) is 3.68. The molecule has 80 valence electrons. The van der Waals surface area contributed by atoms with Crippen molar-refractivity contribution in [1.82, 2.24) is 9.80 Å². The molecular formula is C7H12N2O4S. The predicted molar refractivity (Wildman–Crippen MR) is 53.1 cm³/mol. The van der Waals surface area contributed by atoms with Crippen molar-refractivity contribution in [2.45, 2.75) is 6.04 Å². The molecule has 14 heavy (non-hydrogen) atoms. The maximum absolute atomic E-state index is 10.6. The standard InChI is InChI=1S/C7H12N2O4S/c1-8(2)7(14)9(3)4(5(10)11)6(12)13/h4H,1-3H3,(H,10,11)(H,12,13). The molecule has 2 N–H and O–H groups in total. The molecule has 0 spiro atoms. The van der Waals surface area contributed by atoms with Crippen molar-refractivity contribution in [2.75, 3.05) is 21.1 Å². The largest absolute Gasteiger partial charge is 0.479 e. The number of carbonyl (C=O) groups is 2. The van der Waals surface area contributed by atoms with Gasteiger partial charge >= 0.3 is 11.9 Å². The van der Waals surface area contributed by atoms with Crippen molar-refractivity contribution in [1.29, 1.82) is 0 Å². The van der Waals surface area contributed by atoms with Crippen molar-refractivity contribution < 1.29 is 19.8 Å². The normalized spacial score (nSPS) is 9.71. The van der Waals surface area contributed by atoms with E-state index in [2.05, 4.69) is 0 Å². The molecule has 0 saturated carbocycles. The Labute approximate surface area is 86.7 Å². The van der Waals surface area contributed by atoms with Crippen LogP contribution in [-0.4, -0.2) is 64.2 Å². The Kier molecular flexibility index (Phi) is 4.29. The lowest BCUT2D eigenvalue weighted by atomic mass is 10.3. The van der Waals surface area contributed by atoms with Crippen molar-refractivity contribution in [3.8, 4) is 0 Å². The average molecular weight is 220 g/mol. The quantitative estimate of drug-likeness (QED) is 0.481. The van der Waals surface area contributed by atoms with E-state index in [4.69, 9.17) is 22.4 Å². The van der Waals surface area contributed by atoms with Crippen molar-refractivity contribution >= 4 is 29.3 Å². The van der Waals surface area contributed by atoms with Crippen molar-refractivity contribution in [3.05, 3.63) is 0 Å². The number of hydrogen-bond acceptors (Lipinski definition) is 3. The third kappa shape index (κ3) is 2.84. The van der Waals surface area contributed by atoms with Crippen molar-refractivity contribution in [3.63, 3.8) is 0 Å². The van der Waals surface area contributed by atoms with Crippen molar-refractivity contribution in [2.24, 2.45) is 0 Å². The molecule has 0 radical (unpaired) electrons. The van der Waals surface area contributed by atoms with E-state index < -0.39 is 18.0 Å². The summed E-state index contributed by atoms with van der Waals surface area (Å²) in [6.45, 7) is 0. The molecule has 0 atom stereocenters. The molecule has 0 bridgehead atoms. The number of likely N-dealkylation sites (N-methyl/N-ethyl adjacent to an activating group) is 1. The van der Waals surface area contributed by atoms with Gasteiger partial charge in [0.05, 0.1) is 0 Å². The second kappa shape index (κ2) is 4.75. The molecule has 0 aromatic rings. The highest BCUT2D eigenvalue weighted by molar-refractivity contribution is 7.80. The predicted octanol–water partition coefficient (Wildman–Crippen LogP) is -0.697. The summed E-state index contributed by atoms with van der Waals surface area (Å²) in [4.78, 5) is 23.7. The van der Waals surface area contributed by atoms with E-state index in [9.17, 15) is 9.59 Å². The number of hydrogen-bond donors (Lipinski definition) is 2. The highest BCUT2D eigenvalue weighted by Gasteiger charge is 2.32. The summed E-state index contributed by atoms with van der Waals surface area (Å²) in [6.07, 6.45) is 0. The van der Waals surface area contributed by atoms with E-state index in [-0.39, 0.29) is 5.11 Å². The van der Waals surface area contributed by atoms with Gasteiger partial charge in [0.25, 0.3) is 0 Å². The van der Waals surface area contributed by atoms with E-state index in [1.807, 2.05) is 0 Å². The zero-order valence-electron chi connectivity index (χ0n) is 8.09. The summed E-state index contributed by atoms with van der Waals surface area (Å²) in [5, 5.41) is 17.4. The third-order valence-electron chi connectivity index (χ3n) is 1.54. The van der Waals surface area contributed by atoms with Crippen LogP contribution in [0.3, 0.4) is 0 Å². The third-order valence-corrected chi connectivity index (χ3v) is 2.19. The monoisotopic (exact) mass is 220 g/mol. The van der Waals surface area contributed by atoms with E-state index in [0.29, 0.717) is 0 Å². The van der Waals surface area contributed by atoms with Crippen LogP contribution in [0.2, 0.25) is 0 Å². The molecule has 0 amide bonds. The SMILES string of the molecule is CN(C)C(=S)N(C)C(C(=O)O)C(=O)O. The smallest absolute Gasteiger partial charge is 0.338 e. The molecule has 0 fully saturated rings. The topological polar surface area (TPSA) is 81.1 Å². The lowest BCUT2D eigenvalue weighted by Crippen LogP contribution is -2.50. The van der Waals surface area contributed by atoms with Crippen LogP contribution in [0.25, 0.3) is 0 Å². The van der Waals surface area contributed by atoms with Crippen LogP contribution in [0.4, 0.5) is 0 Å². The second-order valence-electron chi connectivity index (χ2n) is 2.87. The molecule has 0 rings (SSSR count). The Balaban J connectivity index is 4.77.